The molecule has 0 unspecified atom stereocenters. The number of hydrogen-bond acceptors (Lipinski definition) is 4. The first-order valence-corrected chi connectivity index (χ1v) is 7.03. The Hall–Kier alpha value is -1.63. The molecule has 1 heterocycles. The molecule has 0 fully saturated rings. The second-order valence-corrected chi connectivity index (χ2v) is 5.12. The highest BCUT2D eigenvalue weighted by molar-refractivity contribution is 7.71. The number of hydrogen-bond donors (Lipinski definition) is 2. The Labute approximate surface area is 133 Å². The lowest BCUT2D eigenvalue weighted by Crippen LogP contribution is -2.19. The van der Waals surface area contributed by atoms with E-state index in [4.69, 9.17) is 34.3 Å². The SMILES string of the molecule is C=C(Cl)/C=C(\C(=C)OC)c1cc(=O)[nH]c(=S)n1CCCN. The molecule has 1 aromatic heterocycles. The van der Waals surface area contributed by atoms with Crippen molar-refractivity contribution < 1.29 is 4.74 Å². The van der Waals surface area contributed by atoms with E-state index in [2.05, 4.69) is 18.1 Å². The molecular formula is C14H18ClN3O2S. The molecule has 1 aromatic rings. The van der Waals surface area contributed by atoms with Gasteiger partial charge in [-0.25, -0.2) is 0 Å². The highest BCUT2D eigenvalue weighted by Crippen LogP contribution is 2.24. The molecule has 3 N–H and O–H groups in total. The maximum Gasteiger partial charge on any atom is 0.252 e. The molecular weight excluding hydrogens is 310 g/mol. The predicted octanol–water partition coefficient (Wildman–Crippen LogP) is 2.55. The Bertz CT molecular complexity index is 688. The maximum absolute atomic E-state index is 11.7. The van der Waals surface area contributed by atoms with Gasteiger partial charge in [0.1, 0.15) is 5.76 Å². The third kappa shape index (κ3) is 4.70. The van der Waals surface area contributed by atoms with Crippen molar-refractivity contribution in [1.29, 1.82) is 0 Å². The van der Waals surface area contributed by atoms with E-state index in [1.165, 1.54) is 13.2 Å². The van der Waals surface area contributed by atoms with Crippen molar-refractivity contribution in [2.24, 2.45) is 5.73 Å². The Morgan fingerprint density at radius 1 is 1.62 bits per heavy atom. The van der Waals surface area contributed by atoms with Crippen molar-refractivity contribution in [2.45, 2.75) is 13.0 Å². The molecule has 0 aliphatic heterocycles. The first-order chi connectivity index (χ1) is 9.90. The average molecular weight is 328 g/mol. The molecule has 0 aliphatic rings. The zero-order valence-corrected chi connectivity index (χ0v) is 13.4. The van der Waals surface area contributed by atoms with Gasteiger partial charge in [0.15, 0.2) is 4.77 Å². The van der Waals surface area contributed by atoms with Crippen LogP contribution >= 0.6 is 23.8 Å². The van der Waals surface area contributed by atoms with Crippen LogP contribution in [0.15, 0.2) is 40.9 Å². The largest absolute Gasteiger partial charge is 0.497 e. The second kappa shape index (κ2) is 7.97. The number of H-pyrrole nitrogens is 1. The van der Waals surface area contributed by atoms with Crippen molar-refractivity contribution in [3.05, 3.63) is 56.9 Å². The van der Waals surface area contributed by atoms with Crippen LogP contribution in [0.2, 0.25) is 0 Å². The van der Waals surface area contributed by atoms with Crippen LogP contribution in [-0.4, -0.2) is 23.2 Å². The van der Waals surface area contributed by atoms with Gasteiger partial charge in [0, 0.05) is 23.2 Å². The number of nitrogens with two attached hydrogens (primary N) is 1. The van der Waals surface area contributed by atoms with Crippen molar-refractivity contribution in [1.82, 2.24) is 9.55 Å². The van der Waals surface area contributed by atoms with Gasteiger partial charge in [-0.1, -0.05) is 24.8 Å². The van der Waals surface area contributed by atoms with E-state index < -0.39 is 0 Å². The van der Waals surface area contributed by atoms with Crippen LogP contribution in [0.3, 0.4) is 0 Å². The molecule has 114 valence electrons. The van der Waals surface area contributed by atoms with E-state index in [-0.39, 0.29) is 5.56 Å². The van der Waals surface area contributed by atoms with Crippen LogP contribution in [0.25, 0.3) is 5.57 Å². The standard InChI is InChI=1S/C14H18ClN3O2S/c1-9(15)7-11(10(2)20-3)12-8-13(19)17-14(21)18(12)6-4-5-16/h7-8H,1-2,4-6,16H2,3H3,(H,17,19,21)/b11-7+. The lowest BCUT2D eigenvalue weighted by atomic mass is 10.1. The molecule has 0 radical (unpaired) electrons. The molecule has 0 bridgehead atoms. The predicted molar refractivity (Wildman–Crippen MR) is 88.7 cm³/mol. The van der Waals surface area contributed by atoms with Crippen LogP contribution < -0.4 is 11.3 Å². The summed E-state index contributed by atoms with van der Waals surface area (Å²) in [5.74, 6) is 0.360. The summed E-state index contributed by atoms with van der Waals surface area (Å²) in [7, 11) is 1.49. The minimum Gasteiger partial charge on any atom is -0.497 e. The fraction of sp³-hybridized carbons (Fsp3) is 0.286. The number of rotatable bonds is 7. The Morgan fingerprint density at radius 2 is 2.29 bits per heavy atom. The van der Waals surface area contributed by atoms with E-state index >= 15 is 0 Å². The van der Waals surface area contributed by atoms with Crippen LogP contribution in [0, 0.1) is 4.77 Å². The summed E-state index contributed by atoms with van der Waals surface area (Å²) in [5, 5.41) is 0.291. The first-order valence-electron chi connectivity index (χ1n) is 6.24. The Balaban J connectivity index is 3.56. The van der Waals surface area contributed by atoms with Gasteiger partial charge in [0.05, 0.1) is 12.8 Å². The van der Waals surface area contributed by atoms with Gasteiger partial charge in [-0.15, -0.1) is 0 Å². The third-order valence-corrected chi connectivity index (χ3v) is 3.18. The zero-order valence-electron chi connectivity index (χ0n) is 11.8. The van der Waals surface area contributed by atoms with Crippen molar-refractivity contribution in [3.63, 3.8) is 0 Å². The molecule has 0 atom stereocenters. The highest BCUT2D eigenvalue weighted by Gasteiger charge is 2.13. The molecule has 0 saturated carbocycles. The van der Waals surface area contributed by atoms with Gasteiger partial charge < -0.3 is 15.0 Å². The third-order valence-electron chi connectivity index (χ3n) is 2.74. The minimum atomic E-state index is -0.311. The molecule has 1 rings (SSSR count). The number of aromatic amines is 1. The summed E-state index contributed by atoms with van der Waals surface area (Å²) in [6.45, 7) is 8.50. The molecule has 7 heteroatoms. The number of methoxy groups -OCH3 is 1. The number of allylic oxidation sites excluding steroid dienone is 3. The molecule has 0 spiro atoms. The minimum absolute atomic E-state index is 0.291. The quantitative estimate of drug-likeness (QED) is 0.458. The highest BCUT2D eigenvalue weighted by atomic mass is 35.5. The Kier molecular flexibility index (Phi) is 6.61. The molecule has 0 saturated heterocycles. The number of ether oxygens (including phenoxy) is 1. The van der Waals surface area contributed by atoms with Gasteiger partial charge in [0.25, 0.3) is 5.56 Å². The maximum atomic E-state index is 11.7. The molecule has 0 amide bonds. The van der Waals surface area contributed by atoms with Crippen molar-refractivity contribution >= 4 is 29.4 Å². The van der Waals surface area contributed by atoms with Gasteiger partial charge in [0.2, 0.25) is 0 Å². The molecule has 0 aromatic carbocycles. The summed E-state index contributed by atoms with van der Waals surface area (Å²) in [6, 6.07) is 1.42. The summed E-state index contributed by atoms with van der Waals surface area (Å²) in [4.78, 5) is 14.3. The summed E-state index contributed by atoms with van der Waals surface area (Å²) in [5.41, 5.74) is 6.34. The molecule has 0 aliphatic carbocycles. The van der Waals surface area contributed by atoms with E-state index in [0.29, 0.717) is 46.3 Å². The monoisotopic (exact) mass is 327 g/mol. The van der Waals surface area contributed by atoms with Gasteiger partial charge >= 0.3 is 0 Å². The average Bonchev–Trinajstić information content (AvgIpc) is 2.42. The first kappa shape index (κ1) is 17.4. The van der Waals surface area contributed by atoms with Crippen LogP contribution in [0.5, 0.6) is 0 Å². The summed E-state index contributed by atoms with van der Waals surface area (Å²) < 4.78 is 7.23. The van der Waals surface area contributed by atoms with E-state index in [1.54, 1.807) is 10.6 Å². The fourth-order valence-corrected chi connectivity index (χ4v) is 2.18. The van der Waals surface area contributed by atoms with Gasteiger partial charge in [-0.3, -0.25) is 9.78 Å². The molecule has 5 nitrogen and oxygen atoms in total. The lowest BCUT2D eigenvalue weighted by molar-refractivity contribution is 0.312. The topological polar surface area (TPSA) is 73.0 Å². The second-order valence-electron chi connectivity index (χ2n) is 4.25. The smallest absolute Gasteiger partial charge is 0.252 e. The van der Waals surface area contributed by atoms with Crippen molar-refractivity contribution in [3.8, 4) is 0 Å². The number of aromatic nitrogens is 2. The van der Waals surface area contributed by atoms with E-state index in [0.717, 1.165) is 0 Å². The van der Waals surface area contributed by atoms with Crippen LogP contribution in [0.1, 0.15) is 12.1 Å². The Morgan fingerprint density at radius 3 is 2.81 bits per heavy atom. The number of nitrogens with zero attached hydrogens (tertiary/aromatic N) is 1. The summed E-state index contributed by atoms with van der Waals surface area (Å²) >= 11 is 11.1. The van der Waals surface area contributed by atoms with Crippen LogP contribution in [0.4, 0.5) is 0 Å². The van der Waals surface area contributed by atoms with Crippen LogP contribution in [-0.2, 0) is 11.3 Å². The fourth-order valence-electron chi connectivity index (χ4n) is 1.78. The van der Waals surface area contributed by atoms with Gasteiger partial charge in [-0.05, 0) is 31.3 Å². The molecule has 21 heavy (non-hydrogen) atoms. The van der Waals surface area contributed by atoms with Crippen molar-refractivity contribution in [2.75, 3.05) is 13.7 Å². The number of halogens is 1. The van der Waals surface area contributed by atoms with E-state index in [1.807, 2.05) is 0 Å². The number of nitrogens with one attached hydrogen (secondary N) is 1. The summed E-state index contributed by atoms with van der Waals surface area (Å²) in [6.07, 6.45) is 2.29. The van der Waals surface area contributed by atoms with Gasteiger partial charge in [-0.2, -0.15) is 0 Å². The zero-order chi connectivity index (χ0) is 16.0. The lowest BCUT2D eigenvalue weighted by Gasteiger charge is -2.17. The normalized spacial score (nSPS) is 11.3. The van der Waals surface area contributed by atoms with E-state index in [9.17, 15) is 4.79 Å².